The number of hydrogen-bond acceptors (Lipinski definition) is 8. The molecule has 5 atom stereocenters. The second kappa shape index (κ2) is 10.9. The molecule has 3 aromatic carbocycles. The molecule has 0 bridgehead atoms. The average Bonchev–Trinajstić information content (AvgIpc) is 3.20. The van der Waals surface area contributed by atoms with Gasteiger partial charge in [-0.15, -0.1) is 0 Å². The maximum atomic E-state index is 12.8. The first kappa shape index (κ1) is 24.1. The third-order valence-corrected chi connectivity index (χ3v) is 5.50. The van der Waals surface area contributed by atoms with Crippen LogP contribution in [0.4, 0.5) is 0 Å². The lowest BCUT2D eigenvalue weighted by Crippen LogP contribution is -2.44. The van der Waals surface area contributed by atoms with Gasteiger partial charge in [0.1, 0.15) is 12.2 Å². The third kappa shape index (κ3) is 5.74. The van der Waals surface area contributed by atoms with Gasteiger partial charge in [0.2, 0.25) is 0 Å². The quantitative estimate of drug-likeness (QED) is 0.408. The van der Waals surface area contributed by atoms with Gasteiger partial charge in [-0.25, -0.2) is 14.4 Å². The van der Waals surface area contributed by atoms with Crippen molar-refractivity contribution in [3.63, 3.8) is 0 Å². The molecule has 0 aliphatic carbocycles. The Morgan fingerprint density at radius 3 is 1.54 bits per heavy atom. The van der Waals surface area contributed by atoms with Gasteiger partial charge >= 0.3 is 17.9 Å². The number of carbonyl (C=O) groups excluding carboxylic acids is 3. The van der Waals surface area contributed by atoms with Crippen LogP contribution in [0.5, 0.6) is 0 Å². The predicted octanol–water partition coefficient (Wildman–Crippen LogP) is 3.40. The van der Waals surface area contributed by atoms with E-state index in [4.69, 9.17) is 18.9 Å². The predicted molar refractivity (Wildman–Crippen MR) is 123 cm³/mol. The van der Waals surface area contributed by atoms with Crippen LogP contribution in [0.1, 0.15) is 38.0 Å². The van der Waals surface area contributed by atoms with Crippen molar-refractivity contribution in [3.8, 4) is 0 Å². The number of esters is 3. The van der Waals surface area contributed by atoms with Crippen molar-refractivity contribution in [2.75, 3.05) is 0 Å². The molecule has 0 aromatic heterocycles. The molecule has 1 N–H and O–H groups in total. The summed E-state index contributed by atoms with van der Waals surface area (Å²) in [6.07, 6.45) is -6.26. The summed E-state index contributed by atoms with van der Waals surface area (Å²) in [4.78, 5) is 38.0. The molecular weight excluding hydrogens is 452 g/mol. The van der Waals surface area contributed by atoms with Crippen molar-refractivity contribution in [1.82, 2.24) is 0 Å². The molecule has 0 amide bonds. The normalized spacial score (nSPS) is 22.1. The summed E-state index contributed by atoms with van der Waals surface area (Å²) in [5.74, 6) is -2.05. The van der Waals surface area contributed by atoms with Crippen LogP contribution in [0.2, 0.25) is 0 Å². The van der Waals surface area contributed by atoms with E-state index < -0.39 is 48.6 Å². The van der Waals surface area contributed by atoms with Crippen LogP contribution in [0.25, 0.3) is 0 Å². The second-order valence-corrected chi connectivity index (χ2v) is 7.94. The molecule has 2 unspecified atom stereocenters. The molecule has 8 heteroatoms. The first-order chi connectivity index (χ1) is 16.9. The maximum absolute atomic E-state index is 12.8. The minimum atomic E-state index is -1.61. The molecule has 1 aliphatic rings. The minimum absolute atomic E-state index is 0.250. The van der Waals surface area contributed by atoms with Gasteiger partial charge in [-0.05, 0) is 43.3 Å². The third-order valence-electron chi connectivity index (χ3n) is 5.50. The largest absolute Gasteiger partial charge is 0.456 e. The summed E-state index contributed by atoms with van der Waals surface area (Å²) in [5, 5.41) is 10.6. The number of ether oxygens (including phenoxy) is 4. The summed E-state index contributed by atoms with van der Waals surface area (Å²) >= 11 is 0. The van der Waals surface area contributed by atoms with Crippen LogP contribution in [-0.4, -0.2) is 53.7 Å². The lowest BCUT2D eigenvalue weighted by atomic mass is 10.1. The molecule has 180 valence electrons. The van der Waals surface area contributed by atoms with E-state index in [1.807, 2.05) is 0 Å². The zero-order chi connectivity index (χ0) is 24.8. The molecule has 1 heterocycles. The van der Waals surface area contributed by atoms with Gasteiger partial charge in [-0.2, -0.15) is 0 Å². The Morgan fingerprint density at radius 1 is 0.686 bits per heavy atom. The van der Waals surface area contributed by atoms with E-state index in [2.05, 4.69) is 0 Å². The van der Waals surface area contributed by atoms with Crippen LogP contribution in [0.15, 0.2) is 91.0 Å². The van der Waals surface area contributed by atoms with E-state index in [1.54, 1.807) is 97.9 Å². The SMILES string of the molecule is CC(OC(=O)c1ccccc1)[C@H]1OC(O)[C@H](OC(=O)c2ccccc2)[C@@H]1OC(=O)c1ccccc1. The zero-order valence-electron chi connectivity index (χ0n) is 18.9. The highest BCUT2D eigenvalue weighted by molar-refractivity contribution is 5.91. The first-order valence-corrected chi connectivity index (χ1v) is 11.1. The van der Waals surface area contributed by atoms with Crippen molar-refractivity contribution in [3.05, 3.63) is 108 Å². The number of aliphatic hydroxyl groups excluding tert-OH is 1. The zero-order valence-corrected chi connectivity index (χ0v) is 18.9. The minimum Gasteiger partial charge on any atom is -0.456 e. The standard InChI is InChI=1S/C27H24O8/c1-17(32-24(28)18-11-5-2-6-12-18)21-22(34-25(29)19-13-7-3-8-14-19)23(27(31)33-21)35-26(30)20-15-9-4-10-16-20/h2-17,21-23,27,31H,1H3/t17?,21-,22-,23-,27?/m1/s1. The summed E-state index contributed by atoms with van der Waals surface area (Å²) < 4.78 is 22.2. The van der Waals surface area contributed by atoms with Gasteiger partial charge in [0.05, 0.1) is 16.7 Å². The lowest BCUT2D eigenvalue weighted by molar-refractivity contribution is -0.146. The number of rotatable bonds is 7. The molecule has 3 aromatic rings. The fourth-order valence-corrected chi connectivity index (χ4v) is 3.71. The Kier molecular flexibility index (Phi) is 7.54. The summed E-state index contributed by atoms with van der Waals surface area (Å²) in [6, 6.07) is 24.7. The van der Waals surface area contributed by atoms with Crippen LogP contribution in [0, 0.1) is 0 Å². The van der Waals surface area contributed by atoms with Crippen molar-refractivity contribution < 1.29 is 38.4 Å². The lowest BCUT2D eigenvalue weighted by Gasteiger charge is -2.26. The number of benzene rings is 3. The molecule has 35 heavy (non-hydrogen) atoms. The summed E-state index contributed by atoms with van der Waals surface area (Å²) in [6.45, 7) is 1.54. The monoisotopic (exact) mass is 476 g/mol. The average molecular weight is 476 g/mol. The Balaban J connectivity index is 1.55. The van der Waals surface area contributed by atoms with Crippen molar-refractivity contribution in [1.29, 1.82) is 0 Å². The second-order valence-electron chi connectivity index (χ2n) is 7.94. The van der Waals surface area contributed by atoms with Crippen LogP contribution in [-0.2, 0) is 18.9 Å². The van der Waals surface area contributed by atoms with E-state index in [1.165, 1.54) is 0 Å². The highest BCUT2D eigenvalue weighted by Crippen LogP contribution is 2.30. The number of hydrogen-bond donors (Lipinski definition) is 1. The molecule has 0 spiro atoms. The van der Waals surface area contributed by atoms with Crippen LogP contribution in [0.3, 0.4) is 0 Å². The molecular formula is C27H24O8. The highest BCUT2D eigenvalue weighted by atomic mass is 16.7. The van der Waals surface area contributed by atoms with E-state index in [-0.39, 0.29) is 11.1 Å². The molecule has 1 fully saturated rings. The first-order valence-electron chi connectivity index (χ1n) is 11.1. The van der Waals surface area contributed by atoms with E-state index in [0.29, 0.717) is 5.56 Å². The highest BCUT2D eigenvalue weighted by Gasteiger charge is 2.52. The van der Waals surface area contributed by atoms with Crippen LogP contribution < -0.4 is 0 Å². The molecule has 1 saturated heterocycles. The maximum Gasteiger partial charge on any atom is 0.338 e. The Bertz CT molecular complexity index is 1150. The molecule has 8 nitrogen and oxygen atoms in total. The Labute approximate surface area is 202 Å². The van der Waals surface area contributed by atoms with Gasteiger partial charge in [-0.1, -0.05) is 54.6 Å². The number of carbonyl (C=O) groups is 3. The Hall–Kier alpha value is -4.01. The van der Waals surface area contributed by atoms with E-state index >= 15 is 0 Å². The molecule has 4 rings (SSSR count). The summed E-state index contributed by atoms with van der Waals surface area (Å²) in [7, 11) is 0. The summed E-state index contributed by atoms with van der Waals surface area (Å²) in [5.41, 5.74) is 0.831. The molecule has 0 saturated carbocycles. The van der Waals surface area contributed by atoms with Gasteiger partial charge < -0.3 is 24.1 Å². The topological polar surface area (TPSA) is 108 Å². The van der Waals surface area contributed by atoms with Gasteiger partial charge in [0, 0.05) is 0 Å². The van der Waals surface area contributed by atoms with Crippen molar-refractivity contribution >= 4 is 17.9 Å². The van der Waals surface area contributed by atoms with Gasteiger partial charge in [0.25, 0.3) is 0 Å². The van der Waals surface area contributed by atoms with Crippen molar-refractivity contribution in [2.45, 2.75) is 37.6 Å². The van der Waals surface area contributed by atoms with Crippen LogP contribution >= 0.6 is 0 Å². The van der Waals surface area contributed by atoms with Crippen molar-refractivity contribution in [2.24, 2.45) is 0 Å². The Morgan fingerprint density at radius 2 is 1.09 bits per heavy atom. The van der Waals surface area contributed by atoms with E-state index in [0.717, 1.165) is 0 Å². The fourth-order valence-electron chi connectivity index (χ4n) is 3.71. The van der Waals surface area contributed by atoms with Gasteiger partial charge in [0.15, 0.2) is 18.5 Å². The smallest absolute Gasteiger partial charge is 0.338 e. The number of aliphatic hydroxyl groups is 1. The molecule has 1 aliphatic heterocycles. The molecule has 0 radical (unpaired) electrons. The fraction of sp³-hybridized carbons (Fsp3) is 0.222. The van der Waals surface area contributed by atoms with Gasteiger partial charge in [-0.3, -0.25) is 0 Å². The van der Waals surface area contributed by atoms with E-state index in [9.17, 15) is 19.5 Å².